The molecule has 3 aliphatic heterocycles. The summed E-state index contributed by atoms with van der Waals surface area (Å²) in [5, 5.41) is 52.1. The van der Waals surface area contributed by atoms with Gasteiger partial charge in [0.15, 0.2) is 5.96 Å². The number of amides is 4. The number of ether oxygens (including phenoxy) is 2. The summed E-state index contributed by atoms with van der Waals surface area (Å²) < 4.78 is 30.9. The van der Waals surface area contributed by atoms with Gasteiger partial charge in [-0.3, -0.25) is 24.1 Å². The van der Waals surface area contributed by atoms with Gasteiger partial charge in [0.25, 0.3) is 0 Å². The van der Waals surface area contributed by atoms with Crippen LogP contribution in [0, 0.1) is 5.41 Å². The molecule has 2 fully saturated rings. The zero-order valence-corrected chi connectivity index (χ0v) is 30.9. The summed E-state index contributed by atoms with van der Waals surface area (Å²) >= 11 is 1.84. The van der Waals surface area contributed by atoms with Crippen LogP contribution in [0.15, 0.2) is 11.6 Å². The minimum atomic E-state index is -4.83. The van der Waals surface area contributed by atoms with E-state index < -0.39 is 73.2 Å². The molecule has 12 N–H and O–H groups in total. The lowest BCUT2D eigenvalue weighted by Gasteiger charge is -2.42. The minimum Gasteiger partial charge on any atom is -0.478 e. The first-order chi connectivity index (χ1) is 23.2. The number of nitrogens with one attached hydrogen (secondary N) is 6. The average molecular weight is 752 g/mol. The molecular weight excluding hydrogens is 697 g/mol. The maximum atomic E-state index is 13.6. The second-order valence-electron chi connectivity index (χ2n) is 14.0. The molecule has 9 atom stereocenters. The molecule has 0 saturated carbocycles. The maximum absolute atomic E-state index is 13.6. The van der Waals surface area contributed by atoms with Crippen molar-refractivity contribution in [1.29, 1.82) is 5.41 Å². The second kappa shape index (κ2) is 17.7. The lowest BCUT2D eigenvalue weighted by molar-refractivity contribution is -0.126. The van der Waals surface area contributed by atoms with Crippen molar-refractivity contribution >= 4 is 43.2 Å². The van der Waals surface area contributed by atoms with Crippen molar-refractivity contribution in [2.24, 2.45) is 5.73 Å². The van der Waals surface area contributed by atoms with Crippen LogP contribution >= 0.6 is 19.4 Å². The first-order valence-corrected chi connectivity index (χ1v) is 19.2. The Morgan fingerprint density at radius 1 is 1.20 bits per heavy atom. The fraction of sp³-hybridized carbons (Fsp3) is 0.800. The van der Waals surface area contributed by atoms with Crippen LogP contribution in [0.5, 0.6) is 0 Å². The van der Waals surface area contributed by atoms with Crippen LogP contribution in [0.4, 0.5) is 4.79 Å². The Balaban J connectivity index is 1.50. The van der Waals surface area contributed by atoms with Gasteiger partial charge >= 0.3 is 13.6 Å². The van der Waals surface area contributed by atoms with Crippen molar-refractivity contribution in [3.05, 3.63) is 11.6 Å². The number of fused-ring (bicyclic) bond motifs is 1. The molecule has 50 heavy (non-hydrogen) atoms. The van der Waals surface area contributed by atoms with Crippen LogP contribution < -0.4 is 32.3 Å². The monoisotopic (exact) mass is 751 g/mol. The zero-order valence-electron chi connectivity index (χ0n) is 29.1. The number of urea groups is 1. The number of hydrogen-bond acceptors (Lipinski definition) is 12. The second-order valence-corrected chi connectivity index (χ2v) is 17.0. The molecule has 0 radical (unpaired) electrons. The predicted molar refractivity (Wildman–Crippen MR) is 185 cm³/mol. The molecule has 0 bridgehead atoms. The zero-order chi connectivity index (χ0) is 37.4. The molecule has 0 spiro atoms. The van der Waals surface area contributed by atoms with Crippen molar-refractivity contribution in [3.63, 3.8) is 0 Å². The van der Waals surface area contributed by atoms with Gasteiger partial charge in [-0.05, 0) is 53.0 Å². The SMILES string of the molecule is CC(=O)N[C@H]1[C@H]([C@H](O)[C@H](O)CO)OC(P(=O)(O)OC(C)(C)COC(C)(C)CCNC(=O)CCCC[C@@H]2SC[C@@H]3NC(=O)N[C@@H]32)=C[C@@H]1NC(=N)N. The molecule has 0 aliphatic carbocycles. The normalized spacial score (nSPS) is 27.4. The molecular formula is C30H54N7O11PS. The number of thioether (sulfide) groups is 1. The van der Waals surface area contributed by atoms with E-state index >= 15 is 0 Å². The van der Waals surface area contributed by atoms with Crippen molar-refractivity contribution in [3.8, 4) is 0 Å². The van der Waals surface area contributed by atoms with E-state index in [0.29, 0.717) is 24.6 Å². The molecule has 3 heterocycles. The van der Waals surface area contributed by atoms with E-state index in [0.717, 1.165) is 31.1 Å². The van der Waals surface area contributed by atoms with Gasteiger partial charge in [0.1, 0.15) is 18.3 Å². The van der Waals surface area contributed by atoms with Crippen molar-refractivity contribution in [1.82, 2.24) is 26.6 Å². The number of guanidine groups is 1. The van der Waals surface area contributed by atoms with Crippen LogP contribution in [0.3, 0.4) is 0 Å². The molecule has 18 nitrogen and oxygen atoms in total. The molecule has 2 saturated heterocycles. The third kappa shape index (κ3) is 12.3. The Labute approximate surface area is 296 Å². The Hall–Kier alpha value is -2.64. The van der Waals surface area contributed by atoms with E-state index in [1.165, 1.54) is 20.8 Å². The summed E-state index contributed by atoms with van der Waals surface area (Å²) in [4.78, 5) is 47.0. The molecule has 3 rings (SSSR count). The molecule has 0 aromatic carbocycles. The van der Waals surface area contributed by atoms with Crippen molar-refractivity contribution in [2.45, 2.75) is 126 Å². The van der Waals surface area contributed by atoms with Gasteiger partial charge < -0.3 is 62.0 Å². The van der Waals surface area contributed by atoms with Crippen LogP contribution in [0.2, 0.25) is 0 Å². The van der Waals surface area contributed by atoms with Gasteiger partial charge in [-0.2, -0.15) is 11.8 Å². The van der Waals surface area contributed by atoms with Crippen LogP contribution in [-0.2, 0) is 28.2 Å². The van der Waals surface area contributed by atoms with E-state index in [1.54, 1.807) is 0 Å². The summed E-state index contributed by atoms with van der Waals surface area (Å²) in [5.41, 5.74) is 2.72. The molecule has 0 aromatic rings. The summed E-state index contributed by atoms with van der Waals surface area (Å²) in [6.07, 6.45) is -0.706. The molecule has 3 aliphatic rings. The van der Waals surface area contributed by atoms with E-state index in [2.05, 4.69) is 26.6 Å². The highest BCUT2D eigenvalue weighted by Crippen LogP contribution is 2.56. The quantitative estimate of drug-likeness (QED) is 0.0256. The number of aliphatic hydroxyl groups excluding tert-OH is 3. The number of aliphatic hydroxyl groups is 3. The number of rotatable bonds is 19. The van der Waals surface area contributed by atoms with E-state index in [4.69, 9.17) is 25.1 Å². The summed E-state index contributed by atoms with van der Waals surface area (Å²) in [6, 6.07) is -2.14. The third-order valence-electron chi connectivity index (χ3n) is 8.52. The number of carbonyl (C=O) groups is 3. The largest absolute Gasteiger partial charge is 0.478 e. The number of unbranched alkanes of at least 4 members (excludes halogenated alkanes) is 1. The highest BCUT2D eigenvalue weighted by atomic mass is 32.2. The van der Waals surface area contributed by atoms with E-state index in [1.807, 2.05) is 25.6 Å². The van der Waals surface area contributed by atoms with Crippen molar-refractivity contribution < 1.29 is 53.2 Å². The average Bonchev–Trinajstić information content (AvgIpc) is 3.56. The fourth-order valence-electron chi connectivity index (χ4n) is 5.91. The summed E-state index contributed by atoms with van der Waals surface area (Å²) in [6.45, 7) is 7.15. The Bertz CT molecular complexity index is 1310. The van der Waals surface area contributed by atoms with Gasteiger partial charge in [-0.15, -0.1) is 0 Å². The van der Waals surface area contributed by atoms with E-state index in [9.17, 15) is 39.2 Å². The smallest absolute Gasteiger partial charge is 0.393 e. The van der Waals surface area contributed by atoms with Gasteiger partial charge in [-0.25, -0.2) is 4.79 Å². The van der Waals surface area contributed by atoms with Gasteiger partial charge in [0.2, 0.25) is 17.3 Å². The Kier molecular flexibility index (Phi) is 14.8. The Morgan fingerprint density at radius 3 is 2.54 bits per heavy atom. The molecule has 0 aromatic heterocycles. The van der Waals surface area contributed by atoms with Crippen LogP contribution in [0.1, 0.15) is 66.7 Å². The highest BCUT2D eigenvalue weighted by molar-refractivity contribution is 8.00. The standard InChI is InChI=1S/C30H54N7O11PS/c1-16(39)34-24-17(35-27(31)32)12-22(47-26(24)25(42)19(40)13-38)49(44,45)48-30(4,5)15-46-29(2,3)10-11-33-21(41)9-7-6-8-20-23-18(14-50-20)36-28(43)37-23/h12,17-20,23-26,38,40,42H,6-11,13-15H2,1-5H3,(H,33,41)(H,34,39)(H,44,45)(H4,31,32,35)(H2,36,37,43)/t17-,18-,19+,20-,23-,24+,25+,26+/m0/s1. The highest BCUT2D eigenvalue weighted by Gasteiger charge is 2.48. The molecule has 1 unspecified atom stereocenters. The lowest BCUT2D eigenvalue weighted by atomic mass is 9.93. The van der Waals surface area contributed by atoms with Crippen LogP contribution in [0.25, 0.3) is 0 Å². The topological polar surface area (TPSA) is 287 Å². The minimum absolute atomic E-state index is 0.0764. The lowest BCUT2D eigenvalue weighted by Crippen LogP contribution is -2.63. The molecule has 20 heteroatoms. The van der Waals surface area contributed by atoms with Gasteiger partial charge in [0.05, 0.1) is 48.6 Å². The van der Waals surface area contributed by atoms with Gasteiger partial charge in [0, 0.05) is 30.9 Å². The fourth-order valence-corrected chi connectivity index (χ4v) is 8.87. The third-order valence-corrected chi connectivity index (χ3v) is 11.6. The Morgan fingerprint density at radius 2 is 1.90 bits per heavy atom. The first kappa shape index (κ1) is 41.8. The van der Waals surface area contributed by atoms with Crippen molar-refractivity contribution in [2.75, 3.05) is 25.5 Å². The predicted octanol–water partition coefficient (Wildman–Crippen LogP) is -0.695. The molecule has 4 amide bonds. The number of carbonyl (C=O) groups excluding carboxylic acids is 3. The van der Waals surface area contributed by atoms with E-state index in [-0.39, 0.29) is 30.6 Å². The molecule has 286 valence electrons. The summed E-state index contributed by atoms with van der Waals surface area (Å²) in [5.74, 6) is -0.313. The number of hydrogen-bond donors (Lipinski definition) is 11. The maximum Gasteiger partial charge on any atom is 0.393 e. The number of nitrogens with two attached hydrogens (primary N) is 1. The van der Waals surface area contributed by atoms with Crippen LogP contribution in [-0.4, -0.2) is 128 Å². The van der Waals surface area contributed by atoms with Gasteiger partial charge in [-0.1, -0.05) is 6.42 Å². The first-order valence-electron chi connectivity index (χ1n) is 16.6. The summed E-state index contributed by atoms with van der Waals surface area (Å²) in [7, 11) is -4.83.